The Morgan fingerprint density at radius 3 is 2.79 bits per heavy atom. The minimum absolute atomic E-state index is 0.271. The molecule has 2 aromatic heterocycles. The molecular weight excluding hydrogens is 260 g/mol. The van der Waals surface area contributed by atoms with Gasteiger partial charge in [-0.05, 0) is 12.5 Å². The van der Waals surface area contributed by atoms with E-state index in [-0.39, 0.29) is 5.92 Å². The van der Waals surface area contributed by atoms with Crippen molar-refractivity contribution in [1.29, 1.82) is 0 Å². The van der Waals surface area contributed by atoms with Crippen LogP contribution in [0.2, 0.25) is 5.15 Å². The lowest BCUT2D eigenvalue weighted by molar-refractivity contribution is 0.642. The number of imidazole rings is 1. The first-order valence-electron chi connectivity index (χ1n) is 6.63. The maximum Gasteiger partial charge on any atom is 0.133 e. The lowest BCUT2D eigenvalue weighted by Crippen LogP contribution is -2.07. The van der Waals surface area contributed by atoms with E-state index in [4.69, 9.17) is 11.6 Å². The van der Waals surface area contributed by atoms with Gasteiger partial charge >= 0.3 is 0 Å². The molecule has 0 unspecified atom stereocenters. The van der Waals surface area contributed by atoms with Crippen LogP contribution in [0.5, 0.6) is 0 Å². The van der Waals surface area contributed by atoms with E-state index in [1.807, 2.05) is 18.5 Å². The Hall–Kier alpha value is -1.42. The number of hydrogen-bond donors (Lipinski definition) is 0. The van der Waals surface area contributed by atoms with Gasteiger partial charge in [-0.1, -0.05) is 32.4 Å². The monoisotopic (exact) mass is 278 g/mol. The molecule has 2 aromatic rings. The Kier molecular flexibility index (Phi) is 4.53. The molecule has 0 aliphatic rings. The number of aryl methyl sites for hydroxylation is 1. The van der Waals surface area contributed by atoms with Crippen molar-refractivity contribution in [2.75, 3.05) is 0 Å². The minimum atomic E-state index is 0.271. The predicted octanol–water partition coefficient (Wildman–Crippen LogP) is 3.45. The van der Waals surface area contributed by atoms with Gasteiger partial charge in [0.05, 0.1) is 5.69 Å². The van der Waals surface area contributed by atoms with Crippen molar-refractivity contribution in [3.8, 4) is 0 Å². The number of hydrogen-bond acceptors (Lipinski definition) is 3. The predicted molar refractivity (Wildman–Crippen MR) is 76.5 cm³/mol. The largest absolute Gasteiger partial charge is 0.335 e. The van der Waals surface area contributed by atoms with Gasteiger partial charge in [0, 0.05) is 31.3 Å². The first-order chi connectivity index (χ1) is 9.10. The van der Waals surface area contributed by atoms with Crippen LogP contribution in [0.15, 0.2) is 18.5 Å². The quantitative estimate of drug-likeness (QED) is 0.787. The van der Waals surface area contributed by atoms with Crippen molar-refractivity contribution in [2.24, 2.45) is 0 Å². The maximum atomic E-state index is 6.06. The molecule has 0 N–H and O–H groups in total. The molecule has 19 heavy (non-hydrogen) atoms. The summed E-state index contributed by atoms with van der Waals surface area (Å²) in [5, 5.41) is 0.502. The highest BCUT2D eigenvalue weighted by Crippen LogP contribution is 2.16. The van der Waals surface area contributed by atoms with E-state index in [1.54, 1.807) is 0 Å². The second-order valence-corrected chi connectivity index (χ2v) is 5.30. The Morgan fingerprint density at radius 1 is 1.32 bits per heavy atom. The van der Waals surface area contributed by atoms with Crippen LogP contribution in [-0.4, -0.2) is 19.5 Å². The molecule has 0 aromatic carbocycles. The fourth-order valence-corrected chi connectivity index (χ4v) is 2.16. The molecule has 4 nitrogen and oxygen atoms in total. The highest BCUT2D eigenvalue weighted by atomic mass is 35.5. The second-order valence-electron chi connectivity index (χ2n) is 4.91. The molecule has 0 aliphatic heterocycles. The number of nitrogens with zero attached hydrogens (tertiary/aromatic N) is 4. The van der Waals surface area contributed by atoms with Crippen molar-refractivity contribution in [2.45, 2.75) is 46.1 Å². The van der Waals surface area contributed by atoms with Crippen LogP contribution in [0.3, 0.4) is 0 Å². The Labute approximate surface area is 118 Å². The van der Waals surface area contributed by atoms with Crippen LogP contribution in [0.1, 0.15) is 50.5 Å². The molecule has 0 saturated heterocycles. The van der Waals surface area contributed by atoms with E-state index in [2.05, 4.69) is 40.3 Å². The van der Waals surface area contributed by atoms with E-state index in [0.717, 1.165) is 30.3 Å². The average molecular weight is 279 g/mol. The lowest BCUT2D eigenvalue weighted by atomic mass is 10.2. The van der Waals surface area contributed by atoms with Crippen LogP contribution in [0, 0.1) is 0 Å². The first kappa shape index (κ1) is 14.0. The highest BCUT2D eigenvalue weighted by molar-refractivity contribution is 6.29. The topological polar surface area (TPSA) is 43.6 Å². The van der Waals surface area contributed by atoms with Crippen molar-refractivity contribution in [3.63, 3.8) is 0 Å². The van der Waals surface area contributed by atoms with E-state index in [0.29, 0.717) is 11.6 Å². The SMILES string of the molecule is CCCn1ccnc1Cc1cc(Cl)nc(C(C)C)n1. The summed E-state index contributed by atoms with van der Waals surface area (Å²) in [5.74, 6) is 2.08. The summed E-state index contributed by atoms with van der Waals surface area (Å²) >= 11 is 6.06. The van der Waals surface area contributed by atoms with Gasteiger partial charge in [0.1, 0.15) is 16.8 Å². The Morgan fingerprint density at radius 2 is 2.11 bits per heavy atom. The van der Waals surface area contributed by atoms with Crippen molar-refractivity contribution in [3.05, 3.63) is 41.0 Å². The van der Waals surface area contributed by atoms with Crippen LogP contribution in [0.25, 0.3) is 0 Å². The standard InChI is InChI=1S/C14H19ClN4/c1-4-6-19-7-5-16-13(19)9-11-8-12(15)18-14(17-11)10(2)3/h5,7-8,10H,4,6,9H2,1-3H3. The van der Waals surface area contributed by atoms with E-state index in [9.17, 15) is 0 Å². The summed E-state index contributed by atoms with van der Waals surface area (Å²) in [5.41, 5.74) is 0.923. The van der Waals surface area contributed by atoms with Crippen LogP contribution in [0.4, 0.5) is 0 Å². The van der Waals surface area contributed by atoms with Crippen molar-refractivity contribution < 1.29 is 0 Å². The molecule has 5 heteroatoms. The number of halogens is 1. The molecule has 2 rings (SSSR count). The normalized spacial score (nSPS) is 11.2. The van der Waals surface area contributed by atoms with E-state index in [1.165, 1.54) is 0 Å². The summed E-state index contributed by atoms with van der Waals surface area (Å²) in [6.45, 7) is 7.26. The van der Waals surface area contributed by atoms with Crippen LogP contribution >= 0.6 is 11.6 Å². The van der Waals surface area contributed by atoms with Gasteiger partial charge in [-0.15, -0.1) is 0 Å². The van der Waals surface area contributed by atoms with Gasteiger partial charge < -0.3 is 4.57 Å². The fraction of sp³-hybridized carbons (Fsp3) is 0.500. The third-order valence-corrected chi connectivity index (χ3v) is 3.08. The van der Waals surface area contributed by atoms with Crippen molar-refractivity contribution in [1.82, 2.24) is 19.5 Å². The molecule has 0 amide bonds. The Bertz CT molecular complexity index is 548. The van der Waals surface area contributed by atoms with Gasteiger partial charge in [0.2, 0.25) is 0 Å². The van der Waals surface area contributed by atoms with Crippen LogP contribution < -0.4 is 0 Å². The molecular formula is C14H19ClN4. The minimum Gasteiger partial charge on any atom is -0.335 e. The van der Waals surface area contributed by atoms with Gasteiger partial charge in [-0.2, -0.15) is 0 Å². The summed E-state index contributed by atoms with van der Waals surface area (Å²) in [6.07, 6.45) is 5.61. The summed E-state index contributed by atoms with van der Waals surface area (Å²) in [4.78, 5) is 13.2. The molecule has 0 radical (unpaired) electrons. The summed E-state index contributed by atoms with van der Waals surface area (Å²) < 4.78 is 2.16. The fourth-order valence-electron chi connectivity index (χ4n) is 1.95. The molecule has 2 heterocycles. The van der Waals surface area contributed by atoms with Gasteiger partial charge in [-0.3, -0.25) is 0 Å². The summed E-state index contributed by atoms with van der Waals surface area (Å²) in [6, 6.07) is 1.82. The Balaban J connectivity index is 2.25. The summed E-state index contributed by atoms with van der Waals surface area (Å²) in [7, 11) is 0. The van der Waals surface area contributed by atoms with Crippen molar-refractivity contribution >= 4 is 11.6 Å². The average Bonchev–Trinajstić information content (AvgIpc) is 2.76. The highest BCUT2D eigenvalue weighted by Gasteiger charge is 2.10. The molecule has 0 atom stereocenters. The smallest absolute Gasteiger partial charge is 0.133 e. The molecule has 0 saturated carbocycles. The van der Waals surface area contributed by atoms with E-state index >= 15 is 0 Å². The van der Waals surface area contributed by atoms with Gasteiger partial charge in [0.25, 0.3) is 0 Å². The molecule has 102 valence electrons. The van der Waals surface area contributed by atoms with Gasteiger partial charge in [0.15, 0.2) is 0 Å². The number of rotatable bonds is 5. The zero-order valence-electron chi connectivity index (χ0n) is 11.6. The molecule has 0 aliphatic carbocycles. The second kappa shape index (κ2) is 6.15. The zero-order chi connectivity index (χ0) is 13.8. The maximum absolute atomic E-state index is 6.06. The van der Waals surface area contributed by atoms with Gasteiger partial charge in [-0.25, -0.2) is 15.0 Å². The first-order valence-corrected chi connectivity index (χ1v) is 7.01. The van der Waals surface area contributed by atoms with Crippen LogP contribution in [-0.2, 0) is 13.0 Å². The third kappa shape index (κ3) is 3.53. The van der Waals surface area contributed by atoms with E-state index < -0.39 is 0 Å². The molecule has 0 fully saturated rings. The third-order valence-electron chi connectivity index (χ3n) is 2.89. The zero-order valence-corrected chi connectivity index (χ0v) is 12.4. The molecule has 0 spiro atoms. The molecule has 0 bridgehead atoms. The lowest BCUT2D eigenvalue weighted by Gasteiger charge is -2.09. The number of aromatic nitrogens is 4.